The van der Waals surface area contributed by atoms with Crippen LogP contribution >= 0.6 is 0 Å². The van der Waals surface area contributed by atoms with Crippen LogP contribution in [0.4, 0.5) is 10.5 Å². The summed E-state index contributed by atoms with van der Waals surface area (Å²) in [5.41, 5.74) is 2.35. The fourth-order valence-electron chi connectivity index (χ4n) is 2.26. The van der Waals surface area contributed by atoms with Gasteiger partial charge in [0, 0.05) is 6.54 Å². The van der Waals surface area contributed by atoms with Gasteiger partial charge < -0.3 is 4.74 Å². The molecule has 1 amide bonds. The van der Waals surface area contributed by atoms with E-state index >= 15 is 0 Å². The average molecular weight is 258 g/mol. The average Bonchev–Trinajstić information content (AvgIpc) is 2.72. The highest BCUT2D eigenvalue weighted by Crippen LogP contribution is 2.33. The van der Waals surface area contributed by atoms with Crippen LogP contribution in [0.1, 0.15) is 31.9 Å². The van der Waals surface area contributed by atoms with E-state index in [2.05, 4.69) is 6.07 Å². The maximum absolute atomic E-state index is 12.2. The zero-order valence-electron chi connectivity index (χ0n) is 11.6. The number of rotatable bonds is 1. The highest BCUT2D eigenvalue weighted by atomic mass is 16.6. The number of fused-ring (bicyclic) bond motifs is 1. The first-order chi connectivity index (χ1) is 8.92. The molecule has 0 saturated heterocycles. The van der Waals surface area contributed by atoms with Gasteiger partial charge in [-0.25, -0.2) is 4.79 Å². The summed E-state index contributed by atoms with van der Waals surface area (Å²) in [6.45, 7) is 6.17. The van der Waals surface area contributed by atoms with Gasteiger partial charge in [-0.2, -0.15) is 5.26 Å². The van der Waals surface area contributed by atoms with Crippen molar-refractivity contribution >= 4 is 11.8 Å². The SMILES string of the molecule is CC(C)(C)OC(=O)N1CCc2cccc(CC#N)c21. The first kappa shape index (κ1) is 13.4. The number of hydrogen-bond acceptors (Lipinski definition) is 3. The molecule has 1 heterocycles. The lowest BCUT2D eigenvalue weighted by molar-refractivity contribution is 0.0583. The number of para-hydroxylation sites is 1. The molecule has 0 fully saturated rings. The second-order valence-electron chi connectivity index (χ2n) is 5.64. The first-order valence-corrected chi connectivity index (χ1v) is 6.40. The third kappa shape index (κ3) is 2.87. The van der Waals surface area contributed by atoms with Crippen LogP contribution in [0.3, 0.4) is 0 Å². The molecule has 0 atom stereocenters. The zero-order valence-corrected chi connectivity index (χ0v) is 11.6. The van der Waals surface area contributed by atoms with E-state index in [0.29, 0.717) is 13.0 Å². The maximum Gasteiger partial charge on any atom is 0.414 e. The minimum Gasteiger partial charge on any atom is -0.443 e. The minimum atomic E-state index is -0.510. The van der Waals surface area contributed by atoms with Gasteiger partial charge in [0.05, 0.1) is 18.2 Å². The maximum atomic E-state index is 12.2. The van der Waals surface area contributed by atoms with Gasteiger partial charge in [-0.1, -0.05) is 18.2 Å². The molecule has 0 saturated carbocycles. The van der Waals surface area contributed by atoms with E-state index in [1.807, 2.05) is 39.0 Å². The summed E-state index contributed by atoms with van der Waals surface area (Å²) in [6.07, 6.45) is 0.785. The Morgan fingerprint density at radius 2 is 2.21 bits per heavy atom. The Balaban J connectivity index is 2.31. The predicted molar refractivity (Wildman–Crippen MR) is 73.0 cm³/mol. The van der Waals surface area contributed by atoms with E-state index in [9.17, 15) is 4.79 Å². The molecule has 1 aromatic rings. The monoisotopic (exact) mass is 258 g/mol. The number of hydrogen-bond donors (Lipinski definition) is 0. The molecule has 1 aromatic carbocycles. The van der Waals surface area contributed by atoms with Crippen molar-refractivity contribution < 1.29 is 9.53 Å². The van der Waals surface area contributed by atoms with E-state index in [0.717, 1.165) is 23.2 Å². The third-order valence-electron chi connectivity index (χ3n) is 2.96. The van der Waals surface area contributed by atoms with Crippen LogP contribution in [0.2, 0.25) is 0 Å². The fourth-order valence-corrected chi connectivity index (χ4v) is 2.26. The second kappa shape index (κ2) is 4.93. The number of amides is 1. The summed E-state index contributed by atoms with van der Waals surface area (Å²) >= 11 is 0. The summed E-state index contributed by atoms with van der Waals surface area (Å²) in [5, 5.41) is 8.88. The molecule has 0 unspecified atom stereocenters. The minimum absolute atomic E-state index is 0.308. The smallest absolute Gasteiger partial charge is 0.414 e. The summed E-state index contributed by atoms with van der Waals surface area (Å²) in [7, 11) is 0. The van der Waals surface area contributed by atoms with Crippen molar-refractivity contribution in [3.05, 3.63) is 29.3 Å². The van der Waals surface area contributed by atoms with Gasteiger partial charge in [-0.3, -0.25) is 4.90 Å². The summed E-state index contributed by atoms with van der Waals surface area (Å²) in [6, 6.07) is 7.97. The van der Waals surface area contributed by atoms with E-state index in [1.165, 1.54) is 0 Å². The lowest BCUT2D eigenvalue weighted by atomic mass is 10.1. The molecular weight excluding hydrogens is 240 g/mol. The largest absolute Gasteiger partial charge is 0.443 e. The molecule has 0 N–H and O–H groups in total. The van der Waals surface area contributed by atoms with Gasteiger partial charge in [0.1, 0.15) is 5.60 Å². The molecule has 2 rings (SSSR count). The van der Waals surface area contributed by atoms with Crippen molar-refractivity contribution in [1.82, 2.24) is 0 Å². The number of ether oxygens (including phenoxy) is 1. The number of nitrogens with zero attached hydrogens (tertiary/aromatic N) is 2. The topological polar surface area (TPSA) is 53.3 Å². The second-order valence-corrected chi connectivity index (χ2v) is 5.64. The Labute approximate surface area is 113 Å². The standard InChI is InChI=1S/C15H18N2O2/c1-15(2,3)19-14(18)17-10-8-12-6-4-5-11(7-9-16)13(12)17/h4-6H,7-8,10H2,1-3H3. The molecule has 0 aromatic heterocycles. The van der Waals surface area contributed by atoms with Gasteiger partial charge in [-0.05, 0) is 38.3 Å². The molecule has 100 valence electrons. The number of carbonyl (C=O) groups is 1. The van der Waals surface area contributed by atoms with Crippen molar-refractivity contribution in [1.29, 1.82) is 5.26 Å². The van der Waals surface area contributed by atoms with Crippen LogP contribution in [0.25, 0.3) is 0 Å². The molecule has 0 spiro atoms. The van der Waals surface area contributed by atoms with E-state index in [4.69, 9.17) is 10.00 Å². The van der Waals surface area contributed by atoms with Crippen molar-refractivity contribution in [2.45, 2.75) is 39.2 Å². The van der Waals surface area contributed by atoms with Gasteiger partial charge in [-0.15, -0.1) is 0 Å². The van der Waals surface area contributed by atoms with Crippen LogP contribution in [0, 0.1) is 11.3 Å². The van der Waals surface area contributed by atoms with Crippen LogP contribution in [0.5, 0.6) is 0 Å². The van der Waals surface area contributed by atoms with Crippen LogP contribution in [-0.4, -0.2) is 18.2 Å². The van der Waals surface area contributed by atoms with E-state index in [1.54, 1.807) is 4.90 Å². The predicted octanol–water partition coefficient (Wildman–Crippen LogP) is 3.05. The molecule has 0 bridgehead atoms. The number of nitriles is 1. The molecular formula is C15H18N2O2. The van der Waals surface area contributed by atoms with Gasteiger partial charge in [0.2, 0.25) is 0 Å². The third-order valence-corrected chi connectivity index (χ3v) is 2.96. The molecule has 1 aliphatic heterocycles. The van der Waals surface area contributed by atoms with Crippen molar-refractivity contribution in [2.24, 2.45) is 0 Å². The Hall–Kier alpha value is -2.02. The van der Waals surface area contributed by atoms with E-state index < -0.39 is 5.60 Å². The van der Waals surface area contributed by atoms with Gasteiger partial charge in [0.15, 0.2) is 0 Å². The van der Waals surface area contributed by atoms with Crippen molar-refractivity contribution in [3.63, 3.8) is 0 Å². The number of anilines is 1. The molecule has 0 aliphatic carbocycles. The van der Waals surface area contributed by atoms with E-state index in [-0.39, 0.29) is 6.09 Å². The van der Waals surface area contributed by atoms with Gasteiger partial charge in [0.25, 0.3) is 0 Å². The zero-order chi connectivity index (χ0) is 14.0. The number of carbonyl (C=O) groups excluding carboxylic acids is 1. The molecule has 4 heteroatoms. The lowest BCUT2D eigenvalue weighted by Crippen LogP contribution is -2.36. The van der Waals surface area contributed by atoms with Gasteiger partial charge >= 0.3 is 6.09 Å². The highest BCUT2D eigenvalue weighted by Gasteiger charge is 2.30. The quantitative estimate of drug-likeness (QED) is 0.778. The van der Waals surface area contributed by atoms with Crippen LogP contribution in [-0.2, 0) is 17.6 Å². The number of benzene rings is 1. The van der Waals surface area contributed by atoms with Crippen molar-refractivity contribution in [2.75, 3.05) is 11.4 Å². The highest BCUT2D eigenvalue weighted by molar-refractivity contribution is 5.91. The Morgan fingerprint density at radius 3 is 2.84 bits per heavy atom. The van der Waals surface area contributed by atoms with Crippen LogP contribution < -0.4 is 4.90 Å². The molecule has 4 nitrogen and oxygen atoms in total. The fraction of sp³-hybridized carbons (Fsp3) is 0.467. The first-order valence-electron chi connectivity index (χ1n) is 6.40. The lowest BCUT2D eigenvalue weighted by Gasteiger charge is -2.25. The van der Waals surface area contributed by atoms with Crippen molar-refractivity contribution in [3.8, 4) is 6.07 Å². The van der Waals surface area contributed by atoms with Crippen LogP contribution in [0.15, 0.2) is 18.2 Å². The summed E-state index contributed by atoms with van der Waals surface area (Å²) < 4.78 is 5.42. The molecule has 0 radical (unpaired) electrons. The summed E-state index contributed by atoms with van der Waals surface area (Å²) in [4.78, 5) is 13.8. The Bertz CT molecular complexity index is 538. The Morgan fingerprint density at radius 1 is 1.47 bits per heavy atom. The Kier molecular flexibility index (Phi) is 3.48. The normalized spacial score (nSPS) is 13.9. The molecule has 19 heavy (non-hydrogen) atoms. The summed E-state index contributed by atoms with van der Waals surface area (Å²) in [5.74, 6) is 0. The molecule has 1 aliphatic rings.